The van der Waals surface area contributed by atoms with E-state index in [1.807, 2.05) is 11.3 Å². The summed E-state index contributed by atoms with van der Waals surface area (Å²) in [7, 11) is 0. The van der Waals surface area contributed by atoms with Crippen LogP contribution in [0.3, 0.4) is 0 Å². The van der Waals surface area contributed by atoms with Gasteiger partial charge in [-0.25, -0.2) is 4.98 Å². The summed E-state index contributed by atoms with van der Waals surface area (Å²) in [5, 5.41) is 4.94. The van der Waals surface area contributed by atoms with Crippen LogP contribution in [0.2, 0.25) is 0 Å². The molecule has 0 bridgehead atoms. The van der Waals surface area contributed by atoms with Gasteiger partial charge in [-0.3, -0.25) is 0 Å². The van der Waals surface area contributed by atoms with Crippen LogP contribution >= 0.6 is 11.3 Å². The quantitative estimate of drug-likeness (QED) is 0.521. The summed E-state index contributed by atoms with van der Waals surface area (Å²) >= 11 is 1.87. The van der Waals surface area contributed by atoms with Crippen LogP contribution in [0, 0.1) is 13.8 Å². The minimum atomic E-state index is 0.607. The molecule has 21 heavy (non-hydrogen) atoms. The number of aromatic nitrogens is 1. The van der Waals surface area contributed by atoms with E-state index in [1.54, 1.807) is 0 Å². The Balaban J connectivity index is 2.23. The Bertz CT molecular complexity index is 354. The van der Waals surface area contributed by atoms with Gasteiger partial charge in [0.05, 0.1) is 10.7 Å². The maximum atomic E-state index is 4.69. The van der Waals surface area contributed by atoms with Crippen molar-refractivity contribution in [3.05, 3.63) is 15.6 Å². The van der Waals surface area contributed by atoms with Gasteiger partial charge < -0.3 is 5.32 Å². The molecule has 0 amide bonds. The largest absolute Gasteiger partial charge is 0.314 e. The molecule has 0 radical (unpaired) electrons. The van der Waals surface area contributed by atoms with Crippen molar-refractivity contribution >= 4 is 11.3 Å². The summed E-state index contributed by atoms with van der Waals surface area (Å²) in [6.45, 7) is 9.84. The molecular formula is C18H34N2S. The Morgan fingerprint density at radius 1 is 1.00 bits per heavy atom. The van der Waals surface area contributed by atoms with Crippen molar-refractivity contribution in [2.45, 2.75) is 91.5 Å². The molecule has 0 spiro atoms. The zero-order chi connectivity index (χ0) is 15.5. The number of unbranched alkanes of at least 4 members (excludes halogenated alkanes) is 6. The first-order valence-electron chi connectivity index (χ1n) is 8.83. The molecule has 0 aliphatic rings. The van der Waals surface area contributed by atoms with Crippen LogP contribution in [0.5, 0.6) is 0 Å². The number of nitrogens with zero attached hydrogens (tertiary/aromatic N) is 1. The third-order valence-electron chi connectivity index (χ3n) is 4.14. The lowest BCUT2D eigenvalue weighted by Crippen LogP contribution is -2.30. The lowest BCUT2D eigenvalue weighted by Gasteiger charge is -2.16. The number of aryl methyl sites for hydroxylation is 2. The van der Waals surface area contributed by atoms with E-state index in [9.17, 15) is 0 Å². The monoisotopic (exact) mass is 310 g/mol. The summed E-state index contributed by atoms with van der Waals surface area (Å²) in [6.07, 6.45) is 12.1. The molecule has 0 aromatic carbocycles. The zero-order valence-electron chi connectivity index (χ0n) is 14.5. The lowest BCUT2D eigenvalue weighted by atomic mass is 10.0. The molecule has 2 nitrogen and oxygen atoms in total. The van der Waals surface area contributed by atoms with Crippen molar-refractivity contribution in [3.63, 3.8) is 0 Å². The fraction of sp³-hybridized carbons (Fsp3) is 0.833. The summed E-state index contributed by atoms with van der Waals surface area (Å²) in [5.41, 5.74) is 1.21. The maximum Gasteiger partial charge on any atom is 0.0946 e. The Hall–Kier alpha value is -0.410. The second-order valence-corrected chi connectivity index (χ2v) is 7.41. The van der Waals surface area contributed by atoms with Crippen LogP contribution in [0.15, 0.2) is 0 Å². The van der Waals surface area contributed by atoms with E-state index in [4.69, 9.17) is 0 Å². The SMILES string of the molecule is CCCCCCCCCC(Cc1nc(C)c(C)s1)NCC. The molecule has 0 saturated heterocycles. The fourth-order valence-electron chi connectivity index (χ4n) is 2.75. The highest BCUT2D eigenvalue weighted by atomic mass is 32.1. The van der Waals surface area contributed by atoms with E-state index < -0.39 is 0 Å². The first kappa shape index (κ1) is 18.6. The highest BCUT2D eigenvalue weighted by molar-refractivity contribution is 7.11. The summed E-state index contributed by atoms with van der Waals surface area (Å²) in [5.74, 6) is 0. The molecule has 0 aliphatic heterocycles. The Morgan fingerprint density at radius 2 is 1.67 bits per heavy atom. The van der Waals surface area contributed by atoms with E-state index in [2.05, 4.69) is 38.0 Å². The van der Waals surface area contributed by atoms with Gasteiger partial charge in [0.15, 0.2) is 0 Å². The number of rotatable bonds is 12. The van der Waals surface area contributed by atoms with Crippen LogP contribution < -0.4 is 5.32 Å². The van der Waals surface area contributed by atoms with Gasteiger partial charge in [-0.1, -0.05) is 58.8 Å². The predicted molar refractivity (Wildman–Crippen MR) is 95.4 cm³/mol. The van der Waals surface area contributed by atoms with E-state index >= 15 is 0 Å². The predicted octanol–water partition coefficient (Wildman–Crippen LogP) is 5.42. The normalized spacial score (nSPS) is 12.8. The minimum absolute atomic E-state index is 0.607. The van der Waals surface area contributed by atoms with Crippen LogP contribution in [0.1, 0.15) is 80.8 Å². The van der Waals surface area contributed by atoms with Gasteiger partial charge in [0.1, 0.15) is 0 Å². The van der Waals surface area contributed by atoms with Gasteiger partial charge in [0.2, 0.25) is 0 Å². The van der Waals surface area contributed by atoms with Crippen molar-refractivity contribution in [3.8, 4) is 0 Å². The van der Waals surface area contributed by atoms with Gasteiger partial charge in [-0.15, -0.1) is 11.3 Å². The van der Waals surface area contributed by atoms with E-state index in [-0.39, 0.29) is 0 Å². The molecule has 0 fully saturated rings. The van der Waals surface area contributed by atoms with Crippen molar-refractivity contribution in [2.24, 2.45) is 0 Å². The molecule has 3 heteroatoms. The molecule has 1 rings (SSSR count). The second kappa shape index (κ2) is 11.2. The van der Waals surface area contributed by atoms with Crippen molar-refractivity contribution < 1.29 is 0 Å². The molecule has 1 atom stereocenters. The highest BCUT2D eigenvalue weighted by Gasteiger charge is 2.12. The Morgan fingerprint density at radius 3 is 2.24 bits per heavy atom. The van der Waals surface area contributed by atoms with Crippen LogP contribution in [-0.2, 0) is 6.42 Å². The van der Waals surface area contributed by atoms with E-state index in [1.165, 1.54) is 66.9 Å². The number of thiazole rings is 1. The van der Waals surface area contributed by atoms with E-state index in [0.29, 0.717) is 6.04 Å². The van der Waals surface area contributed by atoms with Gasteiger partial charge in [-0.2, -0.15) is 0 Å². The second-order valence-electron chi connectivity index (χ2n) is 6.12. The van der Waals surface area contributed by atoms with Crippen molar-refractivity contribution in [1.82, 2.24) is 10.3 Å². The maximum absolute atomic E-state index is 4.69. The summed E-state index contributed by atoms with van der Waals surface area (Å²) in [4.78, 5) is 6.06. The third-order valence-corrected chi connectivity index (χ3v) is 5.24. The average molecular weight is 311 g/mol. The lowest BCUT2D eigenvalue weighted by molar-refractivity contribution is 0.458. The third kappa shape index (κ3) is 7.96. The molecule has 1 heterocycles. The molecule has 122 valence electrons. The van der Waals surface area contributed by atoms with Crippen LogP contribution in [0.25, 0.3) is 0 Å². The highest BCUT2D eigenvalue weighted by Crippen LogP contribution is 2.19. The average Bonchev–Trinajstić information content (AvgIpc) is 2.76. The van der Waals surface area contributed by atoms with Gasteiger partial charge in [0.25, 0.3) is 0 Å². The molecule has 1 aromatic heterocycles. The fourth-order valence-corrected chi connectivity index (χ4v) is 3.76. The smallest absolute Gasteiger partial charge is 0.0946 e. The molecule has 1 aromatic rings. The molecule has 0 saturated carbocycles. The zero-order valence-corrected chi connectivity index (χ0v) is 15.3. The van der Waals surface area contributed by atoms with E-state index in [0.717, 1.165) is 13.0 Å². The topological polar surface area (TPSA) is 24.9 Å². The number of hydrogen-bond acceptors (Lipinski definition) is 3. The Kier molecular flexibility index (Phi) is 9.94. The van der Waals surface area contributed by atoms with Crippen molar-refractivity contribution in [1.29, 1.82) is 0 Å². The standard InChI is InChI=1S/C18H34N2S/c1-5-7-8-9-10-11-12-13-17(19-6-2)14-18-20-15(3)16(4)21-18/h17,19H,5-14H2,1-4H3. The van der Waals surface area contributed by atoms with Crippen LogP contribution in [-0.4, -0.2) is 17.6 Å². The summed E-state index contributed by atoms with van der Waals surface area (Å²) in [6, 6.07) is 0.607. The number of likely N-dealkylation sites (N-methyl/N-ethyl adjacent to an activating group) is 1. The van der Waals surface area contributed by atoms with Crippen LogP contribution in [0.4, 0.5) is 0 Å². The van der Waals surface area contributed by atoms with Crippen molar-refractivity contribution in [2.75, 3.05) is 6.54 Å². The molecule has 1 unspecified atom stereocenters. The number of nitrogens with one attached hydrogen (secondary N) is 1. The molecule has 0 aliphatic carbocycles. The minimum Gasteiger partial charge on any atom is -0.314 e. The molecular weight excluding hydrogens is 276 g/mol. The first-order chi connectivity index (χ1) is 10.2. The van der Waals surface area contributed by atoms with Gasteiger partial charge >= 0.3 is 0 Å². The molecule has 1 N–H and O–H groups in total. The van der Waals surface area contributed by atoms with Gasteiger partial charge in [-0.05, 0) is 26.8 Å². The Labute approximate surface area is 135 Å². The number of hydrogen-bond donors (Lipinski definition) is 1. The van der Waals surface area contributed by atoms with Gasteiger partial charge in [0, 0.05) is 17.3 Å². The summed E-state index contributed by atoms with van der Waals surface area (Å²) < 4.78 is 0. The first-order valence-corrected chi connectivity index (χ1v) is 9.65.